The number of aryl methyl sites for hydroxylation is 1. The van der Waals surface area contributed by atoms with E-state index >= 15 is 0 Å². The molecule has 0 amide bonds. The van der Waals surface area contributed by atoms with Crippen LogP contribution in [-0.2, 0) is 6.42 Å². The number of fused-ring (bicyclic) bond motifs is 3. The van der Waals surface area contributed by atoms with Crippen LogP contribution in [0.3, 0.4) is 0 Å². The Balaban J connectivity index is 1.61. The van der Waals surface area contributed by atoms with E-state index in [0.29, 0.717) is 26.2 Å². The minimum Gasteiger partial charge on any atom is -0.503 e. The molecular formula is C30H25BrN2O4S. The molecule has 0 fully saturated rings. The van der Waals surface area contributed by atoms with E-state index in [1.54, 1.807) is 23.8 Å². The lowest BCUT2D eigenvalue weighted by atomic mass is 9.83. The number of ether oxygens (including phenoxy) is 2. The number of halogens is 1. The summed E-state index contributed by atoms with van der Waals surface area (Å²) >= 11 is 4.76. The van der Waals surface area contributed by atoms with Gasteiger partial charge in [0.1, 0.15) is 5.75 Å². The molecule has 4 aromatic rings. The number of aromatic hydroxyl groups is 1. The first kappa shape index (κ1) is 24.7. The lowest BCUT2D eigenvalue weighted by Crippen LogP contribution is -2.39. The Hall–Kier alpha value is -3.62. The third-order valence-electron chi connectivity index (χ3n) is 6.95. The highest BCUT2D eigenvalue weighted by Gasteiger charge is 2.34. The normalized spacial score (nSPS) is 16.4. The Labute approximate surface area is 232 Å². The van der Waals surface area contributed by atoms with Crippen molar-refractivity contribution in [3.63, 3.8) is 0 Å². The van der Waals surface area contributed by atoms with Crippen molar-refractivity contribution in [3.05, 3.63) is 113 Å². The lowest BCUT2D eigenvalue weighted by molar-refractivity contribution is 0.317. The van der Waals surface area contributed by atoms with Crippen LogP contribution < -0.4 is 24.4 Å². The van der Waals surface area contributed by atoms with E-state index in [-0.39, 0.29) is 17.4 Å². The van der Waals surface area contributed by atoms with Gasteiger partial charge in [0.05, 0.1) is 34.5 Å². The molecule has 6 rings (SSSR count). The van der Waals surface area contributed by atoms with Crippen molar-refractivity contribution in [2.24, 2.45) is 4.99 Å². The van der Waals surface area contributed by atoms with Crippen molar-refractivity contribution >= 4 is 39.0 Å². The summed E-state index contributed by atoms with van der Waals surface area (Å²) in [6.45, 7) is 2.27. The van der Waals surface area contributed by atoms with Gasteiger partial charge in [-0.05, 0) is 76.7 Å². The zero-order chi connectivity index (χ0) is 26.4. The number of aromatic nitrogens is 1. The van der Waals surface area contributed by atoms with Gasteiger partial charge in [0, 0.05) is 11.1 Å². The van der Waals surface area contributed by atoms with E-state index in [1.807, 2.05) is 43.3 Å². The maximum absolute atomic E-state index is 14.0. The van der Waals surface area contributed by atoms with Crippen LogP contribution in [0.2, 0.25) is 0 Å². The summed E-state index contributed by atoms with van der Waals surface area (Å²) in [5, 5.41) is 10.3. The fourth-order valence-electron chi connectivity index (χ4n) is 5.29. The third kappa shape index (κ3) is 4.08. The summed E-state index contributed by atoms with van der Waals surface area (Å²) < 4.78 is 14.2. The molecule has 0 radical (unpaired) electrons. The number of allylic oxidation sites excluding steroid dienone is 1. The number of hydrogen-bond acceptors (Lipinski definition) is 6. The first-order valence-electron chi connectivity index (χ1n) is 12.4. The summed E-state index contributed by atoms with van der Waals surface area (Å²) in [6.07, 6.45) is 3.53. The molecule has 1 aromatic heterocycles. The van der Waals surface area contributed by atoms with Crippen molar-refractivity contribution < 1.29 is 14.6 Å². The summed E-state index contributed by atoms with van der Waals surface area (Å²) in [4.78, 5) is 19.7. The van der Waals surface area contributed by atoms with Gasteiger partial charge in [-0.1, -0.05) is 53.8 Å². The smallest absolute Gasteiger partial charge is 0.271 e. The molecule has 0 spiro atoms. The van der Waals surface area contributed by atoms with Gasteiger partial charge in [0.25, 0.3) is 5.56 Å². The van der Waals surface area contributed by atoms with Crippen LogP contribution in [0.5, 0.6) is 17.2 Å². The molecule has 8 heteroatoms. The van der Waals surface area contributed by atoms with Crippen molar-refractivity contribution in [3.8, 4) is 17.2 Å². The van der Waals surface area contributed by atoms with Gasteiger partial charge in [0.15, 0.2) is 16.3 Å². The van der Waals surface area contributed by atoms with E-state index in [0.717, 1.165) is 46.6 Å². The molecule has 38 heavy (non-hydrogen) atoms. The molecule has 1 atom stereocenters. The van der Waals surface area contributed by atoms with Crippen LogP contribution in [0, 0.1) is 0 Å². The number of para-hydroxylation sites is 1. The maximum Gasteiger partial charge on any atom is 0.271 e. The molecular weight excluding hydrogens is 564 g/mol. The highest BCUT2D eigenvalue weighted by Crippen LogP contribution is 2.43. The Morgan fingerprint density at radius 1 is 1.13 bits per heavy atom. The van der Waals surface area contributed by atoms with Crippen LogP contribution in [0.1, 0.15) is 41.6 Å². The summed E-state index contributed by atoms with van der Waals surface area (Å²) in [5.74, 6) is 1.14. The zero-order valence-electron chi connectivity index (χ0n) is 20.9. The molecule has 6 nitrogen and oxygen atoms in total. The molecule has 0 saturated carbocycles. The number of phenols is 1. The molecule has 0 bridgehead atoms. The van der Waals surface area contributed by atoms with Gasteiger partial charge in [-0.25, -0.2) is 4.99 Å². The summed E-state index contributed by atoms with van der Waals surface area (Å²) in [5.41, 5.74) is 6.03. The minimum absolute atomic E-state index is 0.0352. The van der Waals surface area contributed by atoms with Crippen LogP contribution in [0.4, 0.5) is 0 Å². The lowest BCUT2D eigenvalue weighted by Gasteiger charge is -2.31. The van der Waals surface area contributed by atoms with Crippen molar-refractivity contribution in [1.82, 2.24) is 4.57 Å². The molecule has 2 heterocycles. The molecule has 1 aliphatic heterocycles. The molecule has 3 aromatic carbocycles. The zero-order valence-corrected chi connectivity index (χ0v) is 23.3. The Morgan fingerprint density at radius 2 is 1.92 bits per heavy atom. The molecule has 2 aliphatic rings. The standard InChI is InChI=1S/C30H25BrN2O4S/c1-3-37-24-15-17(14-22(31)28(24)34)16-25-29(35)33-27(20-10-6-7-11-23(20)36-2)21-13-12-18-8-4-5-9-19(18)26(21)32-30(33)38-25/h4-11,14-16,27,34H,3,12-13H2,1-2H3. The number of thiazole rings is 1. The van der Waals surface area contributed by atoms with Gasteiger partial charge >= 0.3 is 0 Å². The quantitative estimate of drug-likeness (QED) is 0.348. The second-order valence-corrected chi connectivity index (χ2v) is 11.0. The first-order chi connectivity index (χ1) is 18.5. The average Bonchev–Trinajstić information content (AvgIpc) is 3.24. The Morgan fingerprint density at radius 3 is 2.74 bits per heavy atom. The minimum atomic E-state index is -0.321. The van der Waals surface area contributed by atoms with Crippen molar-refractivity contribution in [2.45, 2.75) is 25.8 Å². The Bertz CT molecular complexity index is 1790. The summed E-state index contributed by atoms with van der Waals surface area (Å²) in [6, 6.07) is 19.4. The Kier molecular flexibility index (Phi) is 6.45. The maximum atomic E-state index is 14.0. The highest BCUT2D eigenvalue weighted by atomic mass is 79.9. The number of rotatable bonds is 5. The fraction of sp³-hybridized carbons (Fsp3) is 0.200. The second-order valence-electron chi connectivity index (χ2n) is 9.14. The SMILES string of the molecule is CCOc1cc(C=c2sc3n(c2=O)C(c2ccccc2OC)C2=C(N=3)c3ccccc3CC2)cc(Br)c1O. The molecule has 1 aliphatic carbocycles. The number of benzene rings is 3. The largest absolute Gasteiger partial charge is 0.503 e. The number of methoxy groups -OCH3 is 1. The molecule has 192 valence electrons. The predicted molar refractivity (Wildman–Crippen MR) is 153 cm³/mol. The van der Waals surface area contributed by atoms with E-state index in [2.05, 4.69) is 34.1 Å². The van der Waals surface area contributed by atoms with Gasteiger partial charge in [-0.3, -0.25) is 9.36 Å². The number of nitrogens with zero attached hydrogens (tertiary/aromatic N) is 2. The van der Waals surface area contributed by atoms with Crippen molar-refractivity contribution in [2.75, 3.05) is 13.7 Å². The van der Waals surface area contributed by atoms with Crippen LogP contribution >= 0.6 is 27.3 Å². The number of phenolic OH excluding ortho intramolecular Hbond substituents is 1. The van der Waals surface area contributed by atoms with Crippen molar-refractivity contribution in [1.29, 1.82) is 0 Å². The van der Waals surface area contributed by atoms with E-state index in [9.17, 15) is 9.90 Å². The highest BCUT2D eigenvalue weighted by molar-refractivity contribution is 9.10. The molecule has 1 N–H and O–H groups in total. The fourth-order valence-corrected chi connectivity index (χ4v) is 6.75. The van der Waals surface area contributed by atoms with Crippen LogP contribution in [0.25, 0.3) is 11.8 Å². The number of hydrogen-bond donors (Lipinski definition) is 1. The van der Waals surface area contributed by atoms with E-state index in [4.69, 9.17) is 14.5 Å². The van der Waals surface area contributed by atoms with Gasteiger partial charge in [-0.2, -0.15) is 0 Å². The summed E-state index contributed by atoms with van der Waals surface area (Å²) in [7, 11) is 1.66. The van der Waals surface area contributed by atoms with Gasteiger partial charge in [0.2, 0.25) is 0 Å². The van der Waals surface area contributed by atoms with Crippen LogP contribution in [-0.4, -0.2) is 23.4 Å². The van der Waals surface area contributed by atoms with E-state index < -0.39 is 0 Å². The average molecular weight is 590 g/mol. The van der Waals surface area contributed by atoms with E-state index in [1.165, 1.54) is 16.9 Å². The molecule has 1 unspecified atom stereocenters. The molecule has 0 saturated heterocycles. The van der Waals surface area contributed by atoms with Gasteiger partial charge < -0.3 is 14.6 Å². The second kappa shape index (κ2) is 9.93. The first-order valence-corrected chi connectivity index (χ1v) is 14.0. The monoisotopic (exact) mass is 588 g/mol. The van der Waals surface area contributed by atoms with Crippen LogP contribution in [0.15, 0.2) is 80.5 Å². The predicted octanol–water partition coefficient (Wildman–Crippen LogP) is 5.19. The third-order valence-corrected chi connectivity index (χ3v) is 8.54. The van der Waals surface area contributed by atoms with Gasteiger partial charge in [-0.15, -0.1) is 0 Å². The topological polar surface area (TPSA) is 73.0 Å².